The van der Waals surface area contributed by atoms with E-state index in [2.05, 4.69) is 29.5 Å². The molecule has 2 aromatic rings. The lowest BCUT2D eigenvalue weighted by atomic mass is 9.68. The second-order valence-corrected chi connectivity index (χ2v) is 9.21. The summed E-state index contributed by atoms with van der Waals surface area (Å²) < 4.78 is 11.1. The number of carbonyl (C=O) groups is 2. The molecule has 172 valence electrons. The molecule has 1 aliphatic heterocycles. The van der Waals surface area contributed by atoms with Gasteiger partial charge in [-0.2, -0.15) is 0 Å². The molecule has 1 aliphatic carbocycles. The van der Waals surface area contributed by atoms with E-state index in [4.69, 9.17) is 9.47 Å². The van der Waals surface area contributed by atoms with Crippen LogP contribution in [0.5, 0.6) is 11.5 Å². The van der Waals surface area contributed by atoms with Crippen molar-refractivity contribution >= 4 is 17.5 Å². The van der Waals surface area contributed by atoms with Crippen LogP contribution in [0, 0.1) is 5.41 Å². The minimum Gasteiger partial charge on any atom is -0.497 e. The molecule has 0 saturated carbocycles. The Morgan fingerprint density at radius 2 is 1.94 bits per heavy atom. The third-order valence-electron chi connectivity index (χ3n) is 6.14. The molecule has 1 aromatic heterocycles. The van der Waals surface area contributed by atoms with Gasteiger partial charge in [-0.15, -0.1) is 0 Å². The number of hydrogen-bond donors (Lipinski definition) is 2. The largest absolute Gasteiger partial charge is 0.497 e. The molecule has 33 heavy (non-hydrogen) atoms. The number of ether oxygens (including phenoxy) is 2. The number of amides is 1. The summed E-state index contributed by atoms with van der Waals surface area (Å²) in [4.78, 5) is 31.3. The Morgan fingerprint density at radius 3 is 2.61 bits per heavy atom. The lowest BCUT2D eigenvalue weighted by molar-refractivity contribution is -0.118. The van der Waals surface area contributed by atoms with E-state index in [0.29, 0.717) is 52.6 Å². The minimum atomic E-state index is -0.599. The first kappa shape index (κ1) is 22.6. The minimum absolute atomic E-state index is 0.0271. The highest BCUT2D eigenvalue weighted by molar-refractivity contribution is 6.09. The second kappa shape index (κ2) is 8.73. The van der Waals surface area contributed by atoms with Gasteiger partial charge in [-0.3, -0.25) is 9.59 Å². The molecule has 4 rings (SSSR count). The topological polar surface area (TPSA) is 89.6 Å². The van der Waals surface area contributed by atoms with Crippen LogP contribution in [-0.4, -0.2) is 30.9 Å². The maximum atomic E-state index is 13.6. The van der Waals surface area contributed by atoms with Crippen molar-refractivity contribution in [3.63, 3.8) is 0 Å². The molecule has 0 spiro atoms. The number of nitrogens with one attached hydrogen (secondary N) is 2. The Labute approximate surface area is 193 Å². The van der Waals surface area contributed by atoms with Gasteiger partial charge < -0.3 is 20.1 Å². The zero-order chi connectivity index (χ0) is 23.8. The van der Waals surface area contributed by atoms with E-state index >= 15 is 0 Å². The molecule has 2 heterocycles. The zero-order valence-corrected chi connectivity index (χ0v) is 19.6. The number of hydrogen-bond acceptors (Lipinski definition) is 6. The highest BCUT2D eigenvalue weighted by Crippen LogP contribution is 2.49. The van der Waals surface area contributed by atoms with Gasteiger partial charge in [0.15, 0.2) is 5.78 Å². The molecule has 1 amide bonds. The molecule has 2 N–H and O–H groups in total. The number of allylic oxidation sites excluding steroid dienone is 3. The van der Waals surface area contributed by atoms with Crippen molar-refractivity contribution in [2.24, 2.45) is 5.41 Å². The van der Waals surface area contributed by atoms with Crippen LogP contribution in [0.3, 0.4) is 0 Å². The normalized spacial score (nSPS) is 19.5. The summed E-state index contributed by atoms with van der Waals surface area (Å²) in [5.41, 5.74) is 3.17. The van der Waals surface area contributed by atoms with E-state index in [1.807, 2.05) is 13.0 Å². The lowest BCUT2D eigenvalue weighted by Gasteiger charge is -2.40. The van der Waals surface area contributed by atoms with Crippen molar-refractivity contribution in [1.29, 1.82) is 0 Å². The van der Waals surface area contributed by atoms with Crippen LogP contribution < -0.4 is 20.1 Å². The summed E-state index contributed by atoms with van der Waals surface area (Å²) >= 11 is 0. The van der Waals surface area contributed by atoms with Gasteiger partial charge in [-0.1, -0.05) is 19.9 Å². The van der Waals surface area contributed by atoms with Crippen LogP contribution in [-0.2, 0) is 9.59 Å². The highest BCUT2D eigenvalue weighted by Gasteiger charge is 2.43. The van der Waals surface area contributed by atoms with E-state index < -0.39 is 5.92 Å². The van der Waals surface area contributed by atoms with Crippen LogP contribution in [0.15, 0.2) is 65.1 Å². The smallest absolute Gasteiger partial charge is 0.255 e. The van der Waals surface area contributed by atoms with Crippen molar-refractivity contribution < 1.29 is 19.1 Å². The maximum Gasteiger partial charge on any atom is 0.255 e. The maximum absolute atomic E-state index is 13.6. The van der Waals surface area contributed by atoms with E-state index in [9.17, 15) is 9.59 Å². The molecule has 0 fully saturated rings. The van der Waals surface area contributed by atoms with Gasteiger partial charge >= 0.3 is 0 Å². The number of ketones is 1. The number of dihydropyridines is 1. The molecule has 0 radical (unpaired) electrons. The van der Waals surface area contributed by atoms with Gasteiger partial charge in [0.1, 0.15) is 17.3 Å². The Morgan fingerprint density at radius 1 is 1.15 bits per heavy atom. The third-order valence-corrected chi connectivity index (χ3v) is 6.14. The van der Waals surface area contributed by atoms with Gasteiger partial charge in [0.05, 0.1) is 20.1 Å². The SMILES string of the molecule is COc1ccc(OC)c([C@H]2C(C(=O)Nc3ccccn3)=C(C)NC3=C2C(=O)CC(C)(C)C3)c1. The Balaban J connectivity index is 1.89. The summed E-state index contributed by atoms with van der Waals surface area (Å²) in [5, 5.41) is 6.25. The molecular formula is C26H29N3O4. The number of rotatable bonds is 5. The Hall–Kier alpha value is -3.61. The number of carbonyl (C=O) groups excluding carboxylic acids is 2. The summed E-state index contributed by atoms with van der Waals surface area (Å²) in [6.07, 6.45) is 2.74. The van der Waals surface area contributed by atoms with E-state index in [0.717, 1.165) is 5.70 Å². The Kier molecular flexibility index (Phi) is 5.97. The van der Waals surface area contributed by atoms with Crippen LogP contribution >= 0.6 is 0 Å². The van der Waals surface area contributed by atoms with Gasteiger partial charge in [0.2, 0.25) is 0 Å². The van der Waals surface area contributed by atoms with Crippen molar-refractivity contribution in [2.75, 3.05) is 19.5 Å². The number of pyridine rings is 1. The van der Waals surface area contributed by atoms with Crippen molar-refractivity contribution in [2.45, 2.75) is 39.5 Å². The molecular weight excluding hydrogens is 418 g/mol. The average Bonchev–Trinajstić information content (AvgIpc) is 2.77. The number of nitrogens with zero attached hydrogens (tertiary/aromatic N) is 1. The summed E-state index contributed by atoms with van der Waals surface area (Å²) in [7, 11) is 3.17. The predicted octanol–water partition coefficient (Wildman–Crippen LogP) is 4.34. The third kappa shape index (κ3) is 4.35. The van der Waals surface area contributed by atoms with Crippen molar-refractivity contribution in [1.82, 2.24) is 10.3 Å². The first-order chi connectivity index (χ1) is 15.7. The molecule has 7 nitrogen and oxygen atoms in total. The number of benzene rings is 1. The molecule has 0 unspecified atom stereocenters. The molecule has 0 saturated heterocycles. The summed E-state index contributed by atoms with van der Waals surface area (Å²) in [6, 6.07) is 10.8. The van der Waals surface area contributed by atoms with Gasteiger partial charge in [0.25, 0.3) is 5.91 Å². The molecule has 1 atom stereocenters. The van der Waals surface area contributed by atoms with E-state index in [1.54, 1.807) is 50.7 Å². The molecule has 1 aromatic carbocycles. The second-order valence-electron chi connectivity index (χ2n) is 9.21. The summed E-state index contributed by atoms with van der Waals surface area (Å²) in [5.74, 6) is 0.756. The Bertz CT molecular complexity index is 1170. The van der Waals surface area contributed by atoms with Crippen molar-refractivity contribution in [3.8, 4) is 11.5 Å². The standard InChI is InChI=1S/C26H29N3O4/c1-15-22(25(31)29-21-8-6-7-11-27-21)23(17-12-16(32-4)9-10-20(17)33-5)24-18(28-15)13-26(2,3)14-19(24)30/h6-12,23,28H,13-14H2,1-5H3,(H,27,29,31)/t23-/m0/s1. The first-order valence-electron chi connectivity index (χ1n) is 10.9. The fourth-order valence-corrected chi connectivity index (χ4v) is 4.73. The predicted molar refractivity (Wildman–Crippen MR) is 126 cm³/mol. The highest BCUT2D eigenvalue weighted by atomic mass is 16.5. The molecule has 2 aliphatic rings. The quantitative estimate of drug-likeness (QED) is 0.709. The fraction of sp³-hybridized carbons (Fsp3) is 0.346. The number of aromatic nitrogens is 1. The zero-order valence-electron chi connectivity index (χ0n) is 19.6. The van der Waals surface area contributed by atoms with Crippen LogP contribution in [0.25, 0.3) is 0 Å². The van der Waals surface area contributed by atoms with Gasteiger partial charge in [-0.05, 0) is 49.1 Å². The number of Topliss-reactive ketones (excluding diaryl/α,β-unsaturated/α-hetero) is 1. The van der Waals surface area contributed by atoms with Crippen molar-refractivity contribution in [3.05, 3.63) is 70.7 Å². The summed E-state index contributed by atoms with van der Waals surface area (Å²) in [6.45, 7) is 6.03. The van der Waals surface area contributed by atoms with Crippen LogP contribution in [0.2, 0.25) is 0 Å². The van der Waals surface area contributed by atoms with Crippen LogP contribution in [0.1, 0.15) is 45.1 Å². The van der Waals surface area contributed by atoms with E-state index in [-0.39, 0.29) is 17.1 Å². The monoisotopic (exact) mass is 447 g/mol. The van der Waals surface area contributed by atoms with Gasteiger partial charge in [-0.25, -0.2) is 4.98 Å². The molecule has 7 heteroatoms. The van der Waals surface area contributed by atoms with E-state index in [1.165, 1.54) is 0 Å². The molecule has 0 bridgehead atoms. The number of anilines is 1. The average molecular weight is 448 g/mol. The first-order valence-corrected chi connectivity index (χ1v) is 10.9. The lowest BCUT2D eigenvalue weighted by Crippen LogP contribution is -2.39. The fourth-order valence-electron chi connectivity index (χ4n) is 4.73. The van der Waals surface area contributed by atoms with Gasteiger partial charge in [0, 0.05) is 40.7 Å². The number of methoxy groups -OCH3 is 2. The van der Waals surface area contributed by atoms with Crippen LogP contribution in [0.4, 0.5) is 5.82 Å².